The molecule has 0 aliphatic rings. The molecular formula is C18H42O4Si2. The molecule has 0 spiro atoms. The largest absolute Gasteiger partial charge is 0.397 e. The average molecular weight is 379 g/mol. The fraction of sp³-hybridized carbons (Fsp3) is 1.00. The van der Waals surface area contributed by atoms with E-state index in [0.29, 0.717) is 5.54 Å². The predicted molar refractivity (Wildman–Crippen MR) is 107 cm³/mol. The van der Waals surface area contributed by atoms with Gasteiger partial charge in [-0.3, -0.25) is 0 Å². The molecule has 4 nitrogen and oxygen atoms in total. The van der Waals surface area contributed by atoms with E-state index in [9.17, 15) is 0 Å². The van der Waals surface area contributed by atoms with Crippen LogP contribution in [0.4, 0.5) is 0 Å². The number of hydrogen-bond acceptors (Lipinski definition) is 4. The van der Waals surface area contributed by atoms with Crippen molar-refractivity contribution in [3.05, 3.63) is 0 Å². The SMILES string of the molecule is CCCO[SiH](CCCCC(C)[SiH](OCCC)OCCC)OCCC. The van der Waals surface area contributed by atoms with E-state index in [-0.39, 0.29) is 0 Å². The molecular weight excluding hydrogens is 336 g/mol. The summed E-state index contributed by atoms with van der Waals surface area (Å²) in [6, 6.07) is 1.13. The summed E-state index contributed by atoms with van der Waals surface area (Å²) in [6.45, 7) is 14.3. The molecule has 0 aromatic heterocycles. The first-order valence-corrected chi connectivity index (χ1v) is 13.5. The van der Waals surface area contributed by atoms with Crippen molar-refractivity contribution >= 4 is 18.6 Å². The Morgan fingerprint density at radius 1 is 0.667 bits per heavy atom. The maximum atomic E-state index is 6.02. The van der Waals surface area contributed by atoms with Crippen molar-refractivity contribution < 1.29 is 17.7 Å². The van der Waals surface area contributed by atoms with Gasteiger partial charge in [0.2, 0.25) is 0 Å². The minimum absolute atomic E-state index is 0.580. The zero-order valence-corrected chi connectivity index (χ0v) is 19.2. The zero-order chi connectivity index (χ0) is 18.0. The highest BCUT2D eigenvalue weighted by Gasteiger charge is 2.22. The lowest BCUT2D eigenvalue weighted by Crippen LogP contribution is -2.29. The lowest BCUT2D eigenvalue weighted by molar-refractivity contribution is 0.187. The molecule has 24 heavy (non-hydrogen) atoms. The maximum Gasteiger partial charge on any atom is 0.324 e. The molecule has 0 bridgehead atoms. The standard InChI is InChI=1S/C18H42O4Si2/c1-6-13-19-23(20-14-7-2)17-11-10-12-18(5)24(21-15-8-3)22-16-9-4/h18,23-24H,6-17H2,1-5H3. The molecule has 1 unspecified atom stereocenters. The van der Waals surface area contributed by atoms with Crippen LogP contribution in [0.5, 0.6) is 0 Å². The van der Waals surface area contributed by atoms with E-state index < -0.39 is 18.6 Å². The molecule has 0 radical (unpaired) electrons. The fourth-order valence-corrected chi connectivity index (χ4v) is 6.72. The average Bonchev–Trinajstić information content (AvgIpc) is 2.60. The van der Waals surface area contributed by atoms with Gasteiger partial charge in [0.25, 0.3) is 0 Å². The molecule has 0 aliphatic heterocycles. The molecule has 0 fully saturated rings. The first-order chi connectivity index (χ1) is 11.7. The lowest BCUT2D eigenvalue weighted by atomic mass is 10.2. The molecule has 0 aromatic rings. The van der Waals surface area contributed by atoms with Gasteiger partial charge in [-0.1, -0.05) is 47.5 Å². The van der Waals surface area contributed by atoms with Gasteiger partial charge in [-0.05, 0) is 43.7 Å². The van der Waals surface area contributed by atoms with Crippen molar-refractivity contribution in [2.24, 2.45) is 0 Å². The molecule has 0 heterocycles. The Labute approximate surface area is 154 Å². The maximum absolute atomic E-state index is 6.02. The normalized spacial score (nSPS) is 13.1. The molecule has 0 N–H and O–H groups in total. The summed E-state index contributed by atoms with van der Waals surface area (Å²) < 4.78 is 23.9. The van der Waals surface area contributed by atoms with Crippen molar-refractivity contribution in [2.45, 2.75) is 91.1 Å². The van der Waals surface area contributed by atoms with Crippen LogP contribution >= 0.6 is 0 Å². The van der Waals surface area contributed by atoms with Crippen LogP contribution in [0.15, 0.2) is 0 Å². The minimum atomic E-state index is -1.52. The Balaban J connectivity index is 4.03. The summed E-state index contributed by atoms with van der Waals surface area (Å²) in [6.07, 6.45) is 7.93. The first-order valence-electron chi connectivity index (χ1n) is 10.2. The zero-order valence-electron chi connectivity index (χ0n) is 16.9. The molecule has 0 aliphatic carbocycles. The summed E-state index contributed by atoms with van der Waals surface area (Å²) in [5.74, 6) is 0. The second-order valence-corrected chi connectivity index (χ2v) is 11.2. The van der Waals surface area contributed by atoms with Crippen LogP contribution in [0.2, 0.25) is 11.6 Å². The summed E-state index contributed by atoms with van der Waals surface area (Å²) in [5, 5.41) is 0. The highest BCUT2D eigenvalue weighted by molar-refractivity contribution is 6.46. The third-order valence-electron chi connectivity index (χ3n) is 3.80. The first kappa shape index (κ1) is 24.3. The second-order valence-electron chi connectivity index (χ2n) is 6.54. The van der Waals surface area contributed by atoms with E-state index in [1.165, 1.54) is 19.3 Å². The monoisotopic (exact) mass is 378 g/mol. The molecule has 6 heteroatoms. The highest BCUT2D eigenvalue weighted by Crippen LogP contribution is 2.21. The third kappa shape index (κ3) is 13.6. The molecule has 0 amide bonds. The van der Waals surface area contributed by atoms with Crippen LogP contribution in [-0.2, 0) is 17.7 Å². The van der Waals surface area contributed by atoms with Crippen LogP contribution in [-0.4, -0.2) is 45.0 Å². The summed E-state index contributed by atoms with van der Waals surface area (Å²) in [4.78, 5) is 0. The fourth-order valence-electron chi connectivity index (χ4n) is 2.47. The smallest absolute Gasteiger partial charge is 0.324 e. The summed E-state index contributed by atoms with van der Waals surface area (Å²) in [5.41, 5.74) is 0.580. The van der Waals surface area contributed by atoms with Gasteiger partial charge in [0.15, 0.2) is 0 Å². The Morgan fingerprint density at radius 3 is 1.58 bits per heavy atom. The Bertz CT molecular complexity index is 241. The van der Waals surface area contributed by atoms with Gasteiger partial charge in [-0.2, -0.15) is 0 Å². The van der Waals surface area contributed by atoms with Crippen molar-refractivity contribution in [1.82, 2.24) is 0 Å². The Hall–Kier alpha value is 0.274. The second kappa shape index (κ2) is 18.1. The van der Waals surface area contributed by atoms with E-state index in [0.717, 1.165) is 58.2 Å². The number of unbranched alkanes of at least 4 members (excludes halogenated alkanes) is 1. The Morgan fingerprint density at radius 2 is 1.12 bits per heavy atom. The lowest BCUT2D eigenvalue weighted by Gasteiger charge is -2.22. The molecule has 0 saturated carbocycles. The minimum Gasteiger partial charge on any atom is -0.397 e. The van der Waals surface area contributed by atoms with Crippen LogP contribution in [0.1, 0.15) is 79.6 Å². The third-order valence-corrected chi connectivity index (χ3v) is 8.29. The van der Waals surface area contributed by atoms with Crippen molar-refractivity contribution in [1.29, 1.82) is 0 Å². The number of hydrogen-bond donors (Lipinski definition) is 0. The van der Waals surface area contributed by atoms with Gasteiger partial charge >= 0.3 is 18.6 Å². The van der Waals surface area contributed by atoms with Crippen molar-refractivity contribution in [3.63, 3.8) is 0 Å². The van der Waals surface area contributed by atoms with Crippen LogP contribution in [0.25, 0.3) is 0 Å². The van der Waals surface area contributed by atoms with Gasteiger partial charge < -0.3 is 17.7 Å². The molecule has 146 valence electrons. The van der Waals surface area contributed by atoms with E-state index in [2.05, 4.69) is 34.6 Å². The van der Waals surface area contributed by atoms with Crippen LogP contribution in [0, 0.1) is 0 Å². The van der Waals surface area contributed by atoms with E-state index in [4.69, 9.17) is 17.7 Å². The van der Waals surface area contributed by atoms with Gasteiger partial charge in [0.05, 0.1) is 0 Å². The van der Waals surface area contributed by atoms with Crippen LogP contribution in [0.3, 0.4) is 0 Å². The van der Waals surface area contributed by atoms with Gasteiger partial charge in [0, 0.05) is 26.4 Å². The summed E-state index contributed by atoms with van der Waals surface area (Å²) in [7, 11) is -2.96. The van der Waals surface area contributed by atoms with Gasteiger partial charge in [-0.25, -0.2) is 0 Å². The molecule has 1 atom stereocenters. The highest BCUT2D eigenvalue weighted by atomic mass is 28.3. The molecule has 0 saturated heterocycles. The van der Waals surface area contributed by atoms with Gasteiger partial charge in [-0.15, -0.1) is 0 Å². The molecule has 0 aromatic carbocycles. The van der Waals surface area contributed by atoms with E-state index in [1.54, 1.807) is 0 Å². The topological polar surface area (TPSA) is 36.9 Å². The van der Waals surface area contributed by atoms with E-state index >= 15 is 0 Å². The number of rotatable bonds is 18. The van der Waals surface area contributed by atoms with Gasteiger partial charge in [0.1, 0.15) is 0 Å². The summed E-state index contributed by atoms with van der Waals surface area (Å²) >= 11 is 0. The quantitative estimate of drug-likeness (QED) is 0.256. The Kier molecular flexibility index (Phi) is 18.3. The van der Waals surface area contributed by atoms with Crippen molar-refractivity contribution in [3.8, 4) is 0 Å². The van der Waals surface area contributed by atoms with Crippen LogP contribution < -0.4 is 0 Å². The predicted octanol–water partition coefficient (Wildman–Crippen LogP) is 4.69. The van der Waals surface area contributed by atoms with Crippen molar-refractivity contribution in [2.75, 3.05) is 26.4 Å². The van der Waals surface area contributed by atoms with E-state index in [1.807, 2.05) is 0 Å². The molecule has 0 rings (SSSR count).